The van der Waals surface area contributed by atoms with Gasteiger partial charge in [0.05, 0.1) is 6.61 Å². The summed E-state index contributed by atoms with van der Waals surface area (Å²) in [5.74, 6) is 0. The first-order valence-corrected chi connectivity index (χ1v) is 3.87. The number of hydrogen-bond acceptors (Lipinski definition) is 7. The summed E-state index contributed by atoms with van der Waals surface area (Å²) >= 11 is 0. The molecule has 1 aliphatic heterocycles. The van der Waals surface area contributed by atoms with Crippen LogP contribution in [0.2, 0.25) is 0 Å². The standard InChI is InChI=1S/C6H9N3O4/c10-7-2-6-5(9-12)1-4(8-11)3-13-6/h4-6H,1-3H2/t4-,5+,6-/m1/s1. The monoisotopic (exact) mass is 187 g/mol. The Balaban J connectivity index is 2.53. The SMILES string of the molecule is O=NC[C@H]1OC[C@H](N=O)C[C@@H]1N=O. The fraction of sp³-hybridized carbons (Fsp3) is 1.00. The molecule has 0 unspecified atom stereocenters. The Labute approximate surface area is 73.8 Å². The van der Waals surface area contributed by atoms with Gasteiger partial charge in [-0.15, -0.1) is 0 Å². The first-order chi connectivity index (χ1) is 6.31. The molecule has 0 N–H and O–H groups in total. The molecule has 0 amide bonds. The molecule has 0 aromatic carbocycles. The minimum Gasteiger partial charge on any atom is -0.371 e. The highest BCUT2D eigenvalue weighted by Crippen LogP contribution is 2.19. The van der Waals surface area contributed by atoms with Crippen LogP contribution in [0.25, 0.3) is 0 Å². The van der Waals surface area contributed by atoms with Gasteiger partial charge in [0.15, 0.2) is 0 Å². The van der Waals surface area contributed by atoms with Crippen molar-refractivity contribution in [3.05, 3.63) is 14.7 Å². The second-order valence-electron chi connectivity index (χ2n) is 2.85. The fourth-order valence-corrected chi connectivity index (χ4v) is 1.28. The van der Waals surface area contributed by atoms with Gasteiger partial charge in [0.1, 0.15) is 24.7 Å². The molecule has 0 spiro atoms. The van der Waals surface area contributed by atoms with Crippen molar-refractivity contribution >= 4 is 0 Å². The summed E-state index contributed by atoms with van der Waals surface area (Å²) in [6, 6.07) is -1.22. The maximum atomic E-state index is 10.3. The number of ether oxygens (including phenoxy) is 1. The zero-order valence-corrected chi connectivity index (χ0v) is 6.83. The molecule has 0 aromatic heterocycles. The lowest BCUT2D eigenvalue weighted by atomic mass is 10.0. The van der Waals surface area contributed by atoms with E-state index >= 15 is 0 Å². The van der Waals surface area contributed by atoms with Gasteiger partial charge in [-0.25, -0.2) is 0 Å². The third-order valence-corrected chi connectivity index (χ3v) is 1.98. The third-order valence-electron chi connectivity index (χ3n) is 1.98. The maximum absolute atomic E-state index is 10.3. The topological polar surface area (TPSA) is 97.5 Å². The van der Waals surface area contributed by atoms with E-state index in [1.165, 1.54) is 0 Å². The van der Waals surface area contributed by atoms with Gasteiger partial charge in [0, 0.05) is 6.42 Å². The second kappa shape index (κ2) is 4.70. The van der Waals surface area contributed by atoms with E-state index in [1.807, 2.05) is 0 Å². The summed E-state index contributed by atoms with van der Waals surface area (Å²) in [5, 5.41) is 8.16. The lowest BCUT2D eigenvalue weighted by Crippen LogP contribution is -2.40. The van der Waals surface area contributed by atoms with E-state index in [0.717, 1.165) is 0 Å². The van der Waals surface area contributed by atoms with Crippen molar-refractivity contribution in [2.24, 2.45) is 15.5 Å². The van der Waals surface area contributed by atoms with Crippen LogP contribution in [0.4, 0.5) is 0 Å². The molecule has 0 saturated carbocycles. The Morgan fingerprint density at radius 3 is 2.54 bits per heavy atom. The van der Waals surface area contributed by atoms with E-state index in [-0.39, 0.29) is 19.6 Å². The van der Waals surface area contributed by atoms with Crippen LogP contribution in [-0.4, -0.2) is 31.3 Å². The normalized spacial score (nSPS) is 33.7. The number of nitrogens with zero attached hydrogens (tertiary/aromatic N) is 3. The lowest BCUT2D eigenvalue weighted by Gasteiger charge is -2.27. The summed E-state index contributed by atoms with van der Waals surface area (Å²) in [5.41, 5.74) is 0. The zero-order chi connectivity index (χ0) is 9.68. The number of rotatable bonds is 4. The van der Waals surface area contributed by atoms with Gasteiger partial charge in [0.2, 0.25) is 0 Å². The predicted octanol–water partition coefficient (Wildman–Crippen LogP) is 0.812. The van der Waals surface area contributed by atoms with Crippen LogP contribution in [0.5, 0.6) is 0 Å². The molecule has 0 bridgehead atoms. The Bertz CT molecular complexity index is 210. The molecular formula is C6H9N3O4. The van der Waals surface area contributed by atoms with Gasteiger partial charge in [-0.05, 0) is 0 Å². The summed E-state index contributed by atoms with van der Waals surface area (Å²) in [4.78, 5) is 30.3. The molecule has 1 saturated heterocycles. The average molecular weight is 187 g/mol. The molecule has 1 rings (SSSR count). The van der Waals surface area contributed by atoms with E-state index in [4.69, 9.17) is 4.74 Å². The van der Waals surface area contributed by atoms with Crippen LogP contribution in [0.3, 0.4) is 0 Å². The highest BCUT2D eigenvalue weighted by atomic mass is 16.5. The van der Waals surface area contributed by atoms with Crippen molar-refractivity contribution < 1.29 is 4.74 Å². The van der Waals surface area contributed by atoms with Gasteiger partial charge in [-0.1, -0.05) is 15.5 Å². The molecule has 7 heteroatoms. The second-order valence-corrected chi connectivity index (χ2v) is 2.85. The van der Waals surface area contributed by atoms with E-state index in [2.05, 4.69) is 15.5 Å². The molecule has 72 valence electrons. The van der Waals surface area contributed by atoms with Crippen molar-refractivity contribution in [1.29, 1.82) is 0 Å². The van der Waals surface area contributed by atoms with E-state index in [1.54, 1.807) is 0 Å². The summed E-state index contributed by atoms with van der Waals surface area (Å²) in [7, 11) is 0. The van der Waals surface area contributed by atoms with Gasteiger partial charge in [-0.2, -0.15) is 14.7 Å². The molecule has 0 aromatic rings. The Morgan fingerprint density at radius 1 is 1.23 bits per heavy atom. The molecule has 1 fully saturated rings. The molecule has 7 nitrogen and oxygen atoms in total. The van der Waals surface area contributed by atoms with Gasteiger partial charge >= 0.3 is 0 Å². The van der Waals surface area contributed by atoms with Crippen LogP contribution in [0, 0.1) is 14.7 Å². The van der Waals surface area contributed by atoms with Crippen molar-refractivity contribution in [2.75, 3.05) is 13.2 Å². The largest absolute Gasteiger partial charge is 0.371 e. The number of hydrogen-bond donors (Lipinski definition) is 0. The molecule has 13 heavy (non-hydrogen) atoms. The maximum Gasteiger partial charge on any atom is 0.122 e. The van der Waals surface area contributed by atoms with Crippen LogP contribution in [0.1, 0.15) is 6.42 Å². The zero-order valence-electron chi connectivity index (χ0n) is 6.83. The van der Waals surface area contributed by atoms with E-state index in [9.17, 15) is 14.7 Å². The minimum absolute atomic E-state index is 0.109. The van der Waals surface area contributed by atoms with Gasteiger partial charge in [0.25, 0.3) is 0 Å². The predicted molar refractivity (Wildman–Crippen MR) is 44.2 cm³/mol. The molecule has 1 aliphatic rings. The third kappa shape index (κ3) is 2.35. The highest BCUT2D eigenvalue weighted by molar-refractivity contribution is 4.88. The van der Waals surface area contributed by atoms with Crippen LogP contribution in [-0.2, 0) is 4.74 Å². The molecule has 3 atom stereocenters. The van der Waals surface area contributed by atoms with Crippen LogP contribution < -0.4 is 0 Å². The molecule has 0 radical (unpaired) electrons. The highest BCUT2D eigenvalue weighted by Gasteiger charge is 2.33. The lowest BCUT2D eigenvalue weighted by molar-refractivity contribution is -0.00235. The summed E-state index contributed by atoms with van der Waals surface area (Å²) in [6.45, 7) is 0.0255. The average Bonchev–Trinajstić information content (AvgIpc) is 2.19. The number of nitroso groups, excluding NO2 is 3. The summed E-state index contributed by atoms with van der Waals surface area (Å²) < 4.78 is 5.04. The van der Waals surface area contributed by atoms with Gasteiger partial charge in [-0.3, -0.25) is 0 Å². The van der Waals surface area contributed by atoms with Crippen LogP contribution in [0.15, 0.2) is 15.5 Å². The quantitative estimate of drug-likeness (QED) is 0.608. The minimum atomic E-state index is -0.686. The Morgan fingerprint density at radius 2 is 2.00 bits per heavy atom. The first-order valence-electron chi connectivity index (χ1n) is 3.87. The molecular weight excluding hydrogens is 178 g/mol. The van der Waals surface area contributed by atoms with Crippen molar-refractivity contribution in [3.8, 4) is 0 Å². The van der Waals surface area contributed by atoms with E-state index < -0.39 is 18.2 Å². The Kier molecular flexibility index (Phi) is 3.56. The smallest absolute Gasteiger partial charge is 0.122 e. The van der Waals surface area contributed by atoms with Gasteiger partial charge < -0.3 is 4.74 Å². The van der Waals surface area contributed by atoms with Crippen LogP contribution >= 0.6 is 0 Å². The Hall–Kier alpha value is -1.24. The summed E-state index contributed by atoms with van der Waals surface area (Å²) in [6.07, 6.45) is -0.347. The first kappa shape index (κ1) is 9.85. The van der Waals surface area contributed by atoms with Crippen molar-refractivity contribution in [2.45, 2.75) is 24.6 Å². The molecule has 0 aliphatic carbocycles. The molecule has 1 heterocycles. The van der Waals surface area contributed by atoms with Crippen molar-refractivity contribution in [1.82, 2.24) is 0 Å². The van der Waals surface area contributed by atoms with E-state index in [0.29, 0.717) is 0 Å². The fourth-order valence-electron chi connectivity index (χ4n) is 1.28. The van der Waals surface area contributed by atoms with Crippen molar-refractivity contribution in [3.63, 3.8) is 0 Å².